The van der Waals surface area contributed by atoms with E-state index in [1.165, 1.54) is 0 Å². The lowest BCUT2D eigenvalue weighted by atomic mass is 9.99. The van der Waals surface area contributed by atoms with Crippen LogP contribution in [0.15, 0.2) is 156 Å². The van der Waals surface area contributed by atoms with Gasteiger partial charge in [0.15, 0.2) is 5.58 Å². The zero-order chi connectivity index (χ0) is 28.6. The molecule has 0 radical (unpaired) electrons. The van der Waals surface area contributed by atoms with E-state index in [1.54, 1.807) is 0 Å². The molecular weight excluding hydrogens is 526 g/mol. The third-order valence-electron chi connectivity index (χ3n) is 7.89. The quantitative estimate of drug-likeness (QED) is 0.214. The van der Waals surface area contributed by atoms with Gasteiger partial charge in [0.25, 0.3) is 0 Å². The van der Waals surface area contributed by atoms with Crippen molar-refractivity contribution in [1.82, 2.24) is 15.0 Å². The molecule has 0 unspecified atom stereocenters. The van der Waals surface area contributed by atoms with Crippen LogP contribution in [0.3, 0.4) is 0 Å². The molecule has 0 aliphatic heterocycles. The van der Waals surface area contributed by atoms with E-state index in [0.29, 0.717) is 0 Å². The number of para-hydroxylation sites is 1. The van der Waals surface area contributed by atoms with Crippen molar-refractivity contribution in [2.24, 2.45) is 0 Å². The van der Waals surface area contributed by atoms with E-state index < -0.39 is 0 Å². The lowest BCUT2D eigenvalue weighted by molar-refractivity contribution is 0.670. The van der Waals surface area contributed by atoms with E-state index in [-0.39, 0.29) is 0 Å². The van der Waals surface area contributed by atoms with E-state index in [4.69, 9.17) is 9.40 Å². The molecule has 0 atom stereocenters. The van der Waals surface area contributed by atoms with Gasteiger partial charge in [0.05, 0.1) is 23.8 Å². The molecule has 0 spiro atoms. The molecule has 0 saturated carbocycles. The number of aromatic nitrogens is 3. The molecule has 0 fully saturated rings. The van der Waals surface area contributed by atoms with E-state index in [1.807, 2.05) is 73.2 Å². The molecule has 0 amide bonds. The van der Waals surface area contributed by atoms with Gasteiger partial charge in [-0.05, 0) is 34.4 Å². The van der Waals surface area contributed by atoms with Gasteiger partial charge in [0.1, 0.15) is 11.1 Å². The third-order valence-corrected chi connectivity index (χ3v) is 7.89. The van der Waals surface area contributed by atoms with Crippen LogP contribution in [0.5, 0.6) is 0 Å². The summed E-state index contributed by atoms with van der Waals surface area (Å²) in [5.41, 5.74) is 12.9. The van der Waals surface area contributed by atoms with Crippen LogP contribution >= 0.6 is 0 Å². The average Bonchev–Trinajstić information content (AvgIpc) is 3.49. The monoisotopic (exact) mass is 551 g/mol. The lowest BCUT2D eigenvalue weighted by Crippen LogP contribution is -1.89. The molecule has 202 valence electrons. The van der Waals surface area contributed by atoms with Gasteiger partial charge in [-0.2, -0.15) is 0 Å². The van der Waals surface area contributed by atoms with Gasteiger partial charge in [-0.15, -0.1) is 0 Å². The molecule has 8 aromatic rings. The van der Waals surface area contributed by atoms with Crippen LogP contribution in [-0.2, 0) is 0 Å². The smallest absolute Gasteiger partial charge is 0.161 e. The van der Waals surface area contributed by atoms with Crippen molar-refractivity contribution in [3.63, 3.8) is 0 Å². The first-order chi connectivity index (χ1) is 21.3. The van der Waals surface area contributed by atoms with Gasteiger partial charge in [0.2, 0.25) is 0 Å². The number of nitrogens with zero attached hydrogens (tertiary/aromatic N) is 3. The number of pyridine rings is 1. The largest absolute Gasteiger partial charge is 0.453 e. The van der Waals surface area contributed by atoms with E-state index in [0.717, 1.165) is 78.0 Å². The maximum absolute atomic E-state index is 6.55. The Hall–Kier alpha value is -5.87. The second-order valence-corrected chi connectivity index (χ2v) is 10.5. The Labute approximate surface area is 249 Å². The maximum atomic E-state index is 6.55. The molecule has 0 aliphatic carbocycles. The first kappa shape index (κ1) is 24.9. The van der Waals surface area contributed by atoms with Crippen molar-refractivity contribution < 1.29 is 4.42 Å². The number of hydrogen-bond donors (Lipinski definition) is 0. The van der Waals surface area contributed by atoms with Gasteiger partial charge in [0, 0.05) is 33.8 Å². The molecule has 3 aromatic heterocycles. The molecule has 0 saturated heterocycles. The molecule has 5 aromatic carbocycles. The predicted molar refractivity (Wildman–Crippen MR) is 174 cm³/mol. The highest BCUT2D eigenvalue weighted by molar-refractivity contribution is 6.11. The molecule has 4 heteroatoms. The highest BCUT2D eigenvalue weighted by atomic mass is 16.3. The number of benzene rings is 5. The summed E-state index contributed by atoms with van der Waals surface area (Å²) in [6, 6.07) is 45.8. The van der Waals surface area contributed by atoms with Gasteiger partial charge in [-0.3, -0.25) is 15.0 Å². The molecule has 8 rings (SSSR count). The summed E-state index contributed by atoms with van der Waals surface area (Å²) < 4.78 is 6.55. The minimum absolute atomic E-state index is 0.803. The van der Waals surface area contributed by atoms with E-state index in [9.17, 15) is 0 Å². The summed E-state index contributed by atoms with van der Waals surface area (Å²) in [6.45, 7) is 0. The molecular formula is C39H25N3O. The third kappa shape index (κ3) is 4.55. The molecule has 0 aliphatic rings. The van der Waals surface area contributed by atoms with Crippen molar-refractivity contribution in [2.75, 3.05) is 0 Å². The zero-order valence-electron chi connectivity index (χ0n) is 23.2. The van der Waals surface area contributed by atoms with Crippen LogP contribution in [0.25, 0.3) is 78.0 Å². The van der Waals surface area contributed by atoms with Crippen LogP contribution in [0.4, 0.5) is 0 Å². The summed E-state index contributed by atoms with van der Waals surface area (Å²) in [6.07, 6.45) is 5.53. The second kappa shape index (κ2) is 10.5. The van der Waals surface area contributed by atoms with Crippen LogP contribution in [0.2, 0.25) is 0 Å². The van der Waals surface area contributed by atoms with Crippen LogP contribution in [-0.4, -0.2) is 15.0 Å². The Morgan fingerprint density at radius 3 is 1.51 bits per heavy atom. The van der Waals surface area contributed by atoms with Crippen molar-refractivity contribution in [3.05, 3.63) is 152 Å². The average molecular weight is 552 g/mol. The summed E-state index contributed by atoms with van der Waals surface area (Å²) in [7, 11) is 0. The van der Waals surface area contributed by atoms with Gasteiger partial charge in [-0.25, -0.2) is 0 Å². The van der Waals surface area contributed by atoms with E-state index >= 15 is 0 Å². The summed E-state index contributed by atoms with van der Waals surface area (Å²) >= 11 is 0. The Bertz CT molecular complexity index is 2190. The predicted octanol–water partition coefficient (Wildman–Crippen LogP) is 10.1. The molecule has 4 nitrogen and oxygen atoms in total. The second-order valence-electron chi connectivity index (χ2n) is 10.5. The lowest BCUT2D eigenvalue weighted by Gasteiger charge is -2.07. The fourth-order valence-electron chi connectivity index (χ4n) is 5.66. The van der Waals surface area contributed by atoms with Crippen molar-refractivity contribution in [1.29, 1.82) is 0 Å². The highest BCUT2D eigenvalue weighted by Gasteiger charge is 2.16. The molecule has 0 N–H and O–H groups in total. The highest BCUT2D eigenvalue weighted by Crippen LogP contribution is 2.39. The number of rotatable bonds is 5. The zero-order valence-corrected chi connectivity index (χ0v) is 23.2. The van der Waals surface area contributed by atoms with Crippen molar-refractivity contribution in [2.45, 2.75) is 0 Å². The molecule has 0 bridgehead atoms. The van der Waals surface area contributed by atoms with Crippen molar-refractivity contribution >= 4 is 22.1 Å². The normalized spacial score (nSPS) is 11.3. The Balaban J connectivity index is 1.08. The Morgan fingerprint density at radius 1 is 0.372 bits per heavy atom. The van der Waals surface area contributed by atoms with Crippen LogP contribution in [0.1, 0.15) is 0 Å². The van der Waals surface area contributed by atoms with Gasteiger partial charge in [-0.1, -0.05) is 121 Å². The standard InChI is InChI=1S/C39H25N3O/c1-3-8-28(9-4-1)32-12-7-13-34-37-39(43-38(32)34)33(22-23-40-37)29-18-14-26(15-19-29)27-16-20-31(21-17-27)36-25-41-35(24-42-36)30-10-5-2-6-11-30/h1-25H. The number of fused-ring (bicyclic) bond motifs is 3. The summed E-state index contributed by atoms with van der Waals surface area (Å²) in [4.78, 5) is 14.0. The van der Waals surface area contributed by atoms with Gasteiger partial charge >= 0.3 is 0 Å². The minimum Gasteiger partial charge on any atom is -0.453 e. The fraction of sp³-hybridized carbons (Fsp3) is 0. The summed E-state index contributed by atoms with van der Waals surface area (Å²) in [5, 5.41) is 1.02. The first-order valence-corrected chi connectivity index (χ1v) is 14.3. The number of hydrogen-bond acceptors (Lipinski definition) is 4. The van der Waals surface area contributed by atoms with Crippen molar-refractivity contribution in [3.8, 4) is 55.9 Å². The molecule has 43 heavy (non-hydrogen) atoms. The van der Waals surface area contributed by atoms with Gasteiger partial charge < -0.3 is 4.42 Å². The maximum Gasteiger partial charge on any atom is 0.161 e. The Kier molecular flexibility index (Phi) is 6.08. The van der Waals surface area contributed by atoms with Crippen LogP contribution in [0, 0.1) is 0 Å². The topological polar surface area (TPSA) is 51.8 Å². The fourth-order valence-corrected chi connectivity index (χ4v) is 5.66. The summed E-state index contributed by atoms with van der Waals surface area (Å²) in [5.74, 6) is 0. The SMILES string of the molecule is c1ccc(-c2cnc(-c3ccc(-c4ccc(-c5ccnc6c5oc5c(-c7ccccc7)cccc56)cc4)cc3)cn2)cc1. The first-order valence-electron chi connectivity index (χ1n) is 14.3. The molecule has 3 heterocycles. The minimum atomic E-state index is 0.803. The Morgan fingerprint density at radius 2 is 0.884 bits per heavy atom. The van der Waals surface area contributed by atoms with E-state index in [2.05, 4.69) is 88.8 Å². The number of furan rings is 1. The van der Waals surface area contributed by atoms with Crippen LogP contribution < -0.4 is 0 Å².